The van der Waals surface area contributed by atoms with Crippen molar-refractivity contribution in [3.63, 3.8) is 0 Å². The monoisotopic (exact) mass is 204 g/mol. The summed E-state index contributed by atoms with van der Waals surface area (Å²) in [7, 11) is 1.67. The van der Waals surface area contributed by atoms with Gasteiger partial charge in [-0.05, 0) is 43.0 Å². The summed E-state index contributed by atoms with van der Waals surface area (Å²) in [6, 6.07) is 4.28. The van der Waals surface area contributed by atoms with Gasteiger partial charge in [0.05, 0.1) is 0 Å². The molecule has 0 atom stereocenters. The number of rotatable bonds is 0. The third-order valence-corrected chi connectivity index (χ3v) is 3.05. The van der Waals surface area contributed by atoms with E-state index >= 15 is 0 Å². The predicted octanol–water partition coefficient (Wildman–Crippen LogP) is 2.01. The van der Waals surface area contributed by atoms with Gasteiger partial charge in [0.15, 0.2) is 0 Å². The molecule has 0 spiro atoms. The van der Waals surface area contributed by atoms with Crippen LogP contribution in [0.3, 0.4) is 0 Å². The zero-order valence-corrected chi connectivity index (χ0v) is 9.42. The van der Waals surface area contributed by atoms with E-state index in [9.17, 15) is 4.79 Å². The molecule has 0 unspecified atom stereocenters. The Morgan fingerprint density at radius 3 is 2.67 bits per heavy atom. The lowest BCUT2D eigenvalue weighted by Gasteiger charge is -2.17. The number of benzene rings is 1. The Hall–Kier alpha value is -1.51. The van der Waals surface area contributed by atoms with Crippen molar-refractivity contribution in [3.8, 4) is 0 Å². The number of carbonyl (C=O) groups is 1. The van der Waals surface area contributed by atoms with Gasteiger partial charge in [-0.25, -0.2) is 4.79 Å². The van der Waals surface area contributed by atoms with Crippen LogP contribution in [-0.4, -0.2) is 19.6 Å². The minimum absolute atomic E-state index is 0.0167. The van der Waals surface area contributed by atoms with Gasteiger partial charge in [-0.15, -0.1) is 0 Å². The Balaban J connectivity index is 2.42. The topological polar surface area (TPSA) is 32.3 Å². The normalized spacial score (nSPS) is 13.9. The summed E-state index contributed by atoms with van der Waals surface area (Å²) < 4.78 is 0. The molecule has 1 aromatic carbocycles. The molecule has 3 heteroatoms. The van der Waals surface area contributed by atoms with E-state index in [1.807, 2.05) is 4.90 Å². The van der Waals surface area contributed by atoms with Crippen LogP contribution in [0.2, 0.25) is 0 Å². The molecule has 3 nitrogen and oxygen atoms in total. The van der Waals surface area contributed by atoms with Crippen molar-refractivity contribution >= 4 is 11.7 Å². The maximum Gasteiger partial charge on any atom is 0.321 e. The maximum absolute atomic E-state index is 11.6. The molecule has 0 saturated carbocycles. The van der Waals surface area contributed by atoms with Gasteiger partial charge < -0.3 is 5.32 Å². The number of nitrogens with one attached hydrogen (secondary N) is 1. The van der Waals surface area contributed by atoms with Gasteiger partial charge in [0, 0.05) is 19.3 Å². The number of urea groups is 1. The molecule has 15 heavy (non-hydrogen) atoms. The van der Waals surface area contributed by atoms with Crippen molar-refractivity contribution in [1.82, 2.24) is 5.32 Å². The largest absolute Gasteiger partial charge is 0.341 e. The molecule has 0 bridgehead atoms. The summed E-state index contributed by atoms with van der Waals surface area (Å²) in [6.07, 6.45) is 0.962. The average Bonchev–Trinajstić information content (AvgIpc) is 2.61. The minimum atomic E-state index is -0.0167. The van der Waals surface area contributed by atoms with E-state index in [1.165, 1.54) is 16.7 Å². The lowest BCUT2D eigenvalue weighted by Crippen LogP contribution is -2.36. The molecule has 1 aliphatic rings. The summed E-state index contributed by atoms with van der Waals surface area (Å²) >= 11 is 0. The lowest BCUT2D eigenvalue weighted by molar-refractivity contribution is 0.248. The van der Waals surface area contributed by atoms with Crippen LogP contribution in [0.25, 0.3) is 0 Å². The van der Waals surface area contributed by atoms with Crippen molar-refractivity contribution in [1.29, 1.82) is 0 Å². The van der Waals surface area contributed by atoms with E-state index in [0.29, 0.717) is 0 Å². The zero-order valence-electron chi connectivity index (χ0n) is 9.42. The number of hydrogen-bond acceptors (Lipinski definition) is 1. The molecule has 0 radical (unpaired) electrons. The predicted molar refractivity (Wildman–Crippen MR) is 61.4 cm³/mol. The van der Waals surface area contributed by atoms with E-state index < -0.39 is 0 Å². The standard InChI is InChI=1S/C12H16N2O/c1-8-6-10-4-5-14(12(15)13-3)11(10)7-9(8)2/h6-7H,4-5H2,1-3H3,(H,13,15). The first-order valence-electron chi connectivity index (χ1n) is 5.23. The molecule has 2 amide bonds. The van der Waals surface area contributed by atoms with Gasteiger partial charge in [0.2, 0.25) is 0 Å². The van der Waals surface area contributed by atoms with Crippen LogP contribution in [0.1, 0.15) is 16.7 Å². The second kappa shape index (κ2) is 3.57. The first-order valence-corrected chi connectivity index (χ1v) is 5.23. The zero-order chi connectivity index (χ0) is 11.0. The Kier molecular flexibility index (Phi) is 2.39. The summed E-state index contributed by atoms with van der Waals surface area (Å²) in [4.78, 5) is 13.4. The van der Waals surface area contributed by atoms with Crippen LogP contribution in [0.4, 0.5) is 10.5 Å². The number of hydrogen-bond donors (Lipinski definition) is 1. The molecule has 1 heterocycles. The molecule has 0 aromatic heterocycles. The Labute approximate surface area is 90.1 Å². The van der Waals surface area contributed by atoms with E-state index in [0.717, 1.165) is 18.7 Å². The van der Waals surface area contributed by atoms with Crippen LogP contribution in [0.5, 0.6) is 0 Å². The quantitative estimate of drug-likeness (QED) is 0.688. The van der Waals surface area contributed by atoms with Crippen LogP contribution in [-0.2, 0) is 6.42 Å². The van der Waals surface area contributed by atoms with Crippen molar-refractivity contribution < 1.29 is 4.79 Å². The van der Waals surface area contributed by atoms with Crippen LogP contribution >= 0.6 is 0 Å². The van der Waals surface area contributed by atoms with Gasteiger partial charge in [-0.2, -0.15) is 0 Å². The molecule has 1 aromatic rings. The molecular formula is C12H16N2O. The Bertz CT molecular complexity index is 412. The number of fused-ring (bicyclic) bond motifs is 1. The fourth-order valence-corrected chi connectivity index (χ4v) is 2.01. The molecule has 0 saturated heterocycles. The van der Waals surface area contributed by atoms with Crippen LogP contribution in [0.15, 0.2) is 12.1 Å². The van der Waals surface area contributed by atoms with Crippen molar-refractivity contribution in [2.75, 3.05) is 18.5 Å². The first-order chi connectivity index (χ1) is 7.13. The summed E-state index contributed by atoms with van der Waals surface area (Å²) in [5, 5.41) is 2.67. The van der Waals surface area contributed by atoms with E-state index in [4.69, 9.17) is 0 Å². The second-order valence-corrected chi connectivity index (χ2v) is 4.02. The third kappa shape index (κ3) is 1.58. The number of anilines is 1. The van der Waals surface area contributed by atoms with Gasteiger partial charge in [0.1, 0.15) is 0 Å². The third-order valence-electron chi connectivity index (χ3n) is 3.05. The van der Waals surface area contributed by atoms with Crippen molar-refractivity contribution in [2.45, 2.75) is 20.3 Å². The molecule has 2 rings (SSSR count). The van der Waals surface area contributed by atoms with Gasteiger partial charge >= 0.3 is 6.03 Å². The van der Waals surface area contributed by atoms with Crippen LogP contribution < -0.4 is 10.2 Å². The van der Waals surface area contributed by atoms with E-state index in [1.54, 1.807) is 7.05 Å². The van der Waals surface area contributed by atoms with E-state index in [-0.39, 0.29) is 6.03 Å². The minimum Gasteiger partial charge on any atom is -0.341 e. The fraction of sp³-hybridized carbons (Fsp3) is 0.417. The fourth-order valence-electron chi connectivity index (χ4n) is 2.01. The molecule has 0 aliphatic carbocycles. The van der Waals surface area contributed by atoms with E-state index in [2.05, 4.69) is 31.3 Å². The number of nitrogens with zero attached hydrogens (tertiary/aromatic N) is 1. The molecule has 80 valence electrons. The van der Waals surface area contributed by atoms with Crippen LogP contribution in [0, 0.1) is 13.8 Å². The highest BCUT2D eigenvalue weighted by molar-refractivity contribution is 5.94. The molecule has 0 fully saturated rings. The summed E-state index contributed by atoms with van der Waals surface area (Å²) in [5.74, 6) is 0. The van der Waals surface area contributed by atoms with Gasteiger partial charge in [-0.1, -0.05) is 6.07 Å². The summed E-state index contributed by atoms with van der Waals surface area (Å²) in [5.41, 5.74) is 4.89. The highest BCUT2D eigenvalue weighted by atomic mass is 16.2. The number of amides is 2. The summed E-state index contributed by atoms with van der Waals surface area (Å²) in [6.45, 7) is 4.98. The van der Waals surface area contributed by atoms with Crippen molar-refractivity contribution in [2.24, 2.45) is 0 Å². The number of carbonyl (C=O) groups excluding carboxylic acids is 1. The lowest BCUT2D eigenvalue weighted by atomic mass is 10.0. The smallest absolute Gasteiger partial charge is 0.321 e. The number of aryl methyl sites for hydroxylation is 2. The van der Waals surface area contributed by atoms with Gasteiger partial charge in [0.25, 0.3) is 0 Å². The first kappa shape index (κ1) is 10.0. The maximum atomic E-state index is 11.6. The highest BCUT2D eigenvalue weighted by Crippen LogP contribution is 2.30. The second-order valence-electron chi connectivity index (χ2n) is 4.02. The Morgan fingerprint density at radius 2 is 2.00 bits per heavy atom. The highest BCUT2D eigenvalue weighted by Gasteiger charge is 2.24. The van der Waals surface area contributed by atoms with Gasteiger partial charge in [-0.3, -0.25) is 4.90 Å². The van der Waals surface area contributed by atoms with Crippen molar-refractivity contribution in [3.05, 3.63) is 28.8 Å². The molecule has 1 aliphatic heterocycles. The SMILES string of the molecule is CNC(=O)N1CCc2cc(C)c(C)cc21. The average molecular weight is 204 g/mol. The molecular weight excluding hydrogens is 188 g/mol. The Morgan fingerprint density at radius 1 is 1.33 bits per heavy atom. The molecule has 1 N–H and O–H groups in total.